The van der Waals surface area contributed by atoms with Gasteiger partial charge >= 0.3 is 5.97 Å². The van der Waals surface area contributed by atoms with Gasteiger partial charge in [0.15, 0.2) is 5.75 Å². The Hall–Kier alpha value is -0.440. The summed E-state index contributed by atoms with van der Waals surface area (Å²) in [7, 11) is 0. The van der Waals surface area contributed by atoms with Crippen molar-refractivity contribution in [2.75, 3.05) is 0 Å². The van der Waals surface area contributed by atoms with Crippen LogP contribution < -0.4 is 4.74 Å². The molecule has 0 saturated heterocycles. The third-order valence-electron chi connectivity index (χ3n) is 4.68. The Morgan fingerprint density at radius 3 is 1.67 bits per heavy atom. The fourth-order valence-electron chi connectivity index (χ4n) is 3.04. The Balaban J connectivity index is 1.98. The first-order chi connectivity index (χ1) is 13.0. The van der Waals surface area contributed by atoms with E-state index in [4.69, 9.17) is 39.5 Å². The summed E-state index contributed by atoms with van der Waals surface area (Å²) in [6.07, 6.45) is 17.0. The van der Waals surface area contributed by atoms with Crippen LogP contribution in [0, 0.1) is 0 Å². The molecule has 0 saturated carbocycles. The number of benzene rings is 1. The van der Waals surface area contributed by atoms with Crippen LogP contribution in [0.15, 0.2) is 12.1 Å². The van der Waals surface area contributed by atoms with Crippen molar-refractivity contribution in [1.29, 1.82) is 0 Å². The zero-order valence-corrected chi connectivity index (χ0v) is 18.8. The van der Waals surface area contributed by atoms with Gasteiger partial charge in [-0.1, -0.05) is 119 Å². The van der Waals surface area contributed by atoms with Crippen LogP contribution in [0.5, 0.6) is 5.75 Å². The van der Waals surface area contributed by atoms with Gasteiger partial charge in [-0.15, -0.1) is 0 Å². The lowest BCUT2D eigenvalue weighted by molar-refractivity contribution is -0.134. The van der Waals surface area contributed by atoms with Crippen molar-refractivity contribution in [1.82, 2.24) is 0 Å². The predicted molar refractivity (Wildman–Crippen MR) is 117 cm³/mol. The summed E-state index contributed by atoms with van der Waals surface area (Å²) in [5.74, 6) is -0.0101. The Bertz CT molecular complexity index is 547. The first kappa shape index (κ1) is 24.6. The summed E-state index contributed by atoms with van der Waals surface area (Å²) >= 11 is 17.8. The number of carbonyl (C=O) groups excluding carboxylic acids is 1. The molecule has 1 rings (SSSR count). The molecular weight excluding hydrogens is 403 g/mol. The molecule has 0 radical (unpaired) electrons. The number of hydrogen-bond acceptors (Lipinski definition) is 2. The second-order valence-corrected chi connectivity index (χ2v) is 8.39. The quantitative estimate of drug-likeness (QED) is 0.119. The van der Waals surface area contributed by atoms with Crippen molar-refractivity contribution in [3.8, 4) is 5.75 Å². The van der Waals surface area contributed by atoms with Gasteiger partial charge in [0, 0.05) is 12.5 Å². The van der Waals surface area contributed by atoms with E-state index in [-0.39, 0.29) is 11.7 Å². The molecular formula is C22H33Cl3O2. The van der Waals surface area contributed by atoms with E-state index in [1.807, 2.05) is 0 Å². The van der Waals surface area contributed by atoms with Crippen molar-refractivity contribution in [2.24, 2.45) is 0 Å². The second kappa shape index (κ2) is 15.5. The van der Waals surface area contributed by atoms with E-state index in [1.165, 1.54) is 82.8 Å². The number of unbranched alkanes of at least 4 members (excludes halogenated alkanes) is 12. The minimum absolute atomic E-state index is 0.269. The second-order valence-electron chi connectivity index (χ2n) is 7.16. The van der Waals surface area contributed by atoms with E-state index in [9.17, 15) is 4.79 Å². The van der Waals surface area contributed by atoms with Gasteiger partial charge in [-0.3, -0.25) is 4.79 Å². The van der Waals surface area contributed by atoms with Crippen LogP contribution in [0.25, 0.3) is 0 Å². The first-order valence-corrected chi connectivity index (χ1v) is 11.5. The fraction of sp³-hybridized carbons (Fsp3) is 0.682. The minimum Gasteiger partial charge on any atom is -0.425 e. The molecule has 0 aliphatic carbocycles. The zero-order valence-electron chi connectivity index (χ0n) is 16.5. The van der Waals surface area contributed by atoms with Crippen LogP contribution in [0.1, 0.15) is 96.8 Å². The highest BCUT2D eigenvalue weighted by atomic mass is 35.5. The fourth-order valence-corrected chi connectivity index (χ4v) is 3.62. The van der Waals surface area contributed by atoms with Crippen LogP contribution in [0.3, 0.4) is 0 Å². The monoisotopic (exact) mass is 434 g/mol. The maximum Gasteiger partial charge on any atom is 0.311 e. The molecule has 1 aromatic rings. The summed E-state index contributed by atoms with van der Waals surface area (Å²) in [6.45, 7) is 2.26. The molecule has 27 heavy (non-hydrogen) atoms. The number of ether oxygens (including phenoxy) is 1. The highest BCUT2D eigenvalue weighted by molar-refractivity contribution is 6.43. The molecule has 0 atom stereocenters. The normalized spacial score (nSPS) is 11.0. The van der Waals surface area contributed by atoms with Gasteiger partial charge in [-0.25, -0.2) is 0 Å². The average Bonchev–Trinajstić information content (AvgIpc) is 2.63. The van der Waals surface area contributed by atoms with Gasteiger partial charge < -0.3 is 4.74 Å². The number of halogens is 3. The predicted octanol–water partition coefficient (Wildman–Crippen LogP) is 9.03. The highest BCUT2D eigenvalue weighted by Crippen LogP contribution is 2.34. The molecule has 0 amide bonds. The van der Waals surface area contributed by atoms with Crippen LogP contribution in [-0.2, 0) is 4.79 Å². The molecule has 0 aliphatic heterocycles. The number of esters is 1. The van der Waals surface area contributed by atoms with Crippen LogP contribution in [-0.4, -0.2) is 5.97 Å². The third kappa shape index (κ3) is 11.9. The molecule has 0 aliphatic rings. The average molecular weight is 436 g/mol. The van der Waals surface area contributed by atoms with Crippen LogP contribution in [0.2, 0.25) is 15.1 Å². The van der Waals surface area contributed by atoms with Crippen molar-refractivity contribution in [3.63, 3.8) is 0 Å². The molecule has 0 fully saturated rings. The molecule has 2 nitrogen and oxygen atoms in total. The Labute approximate surface area is 179 Å². The topological polar surface area (TPSA) is 26.3 Å². The van der Waals surface area contributed by atoms with Crippen molar-refractivity contribution in [3.05, 3.63) is 27.2 Å². The highest BCUT2D eigenvalue weighted by Gasteiger charge is 2.11. The molecule has 0 N–H and O–H groups in total. The van der Waals surface area contributed by atoms with Gasteiger partial charge in [-0.2, -0.15) is 0 Å². The van der Waals surface area contributed by atoms with Gasteiger partial charge in [0.2, 0.25) is 0 Å². The summed E-state index contributed by atoms with van der Waals surface area (Å²) in [5.41, 5.74) is 0. The van der Waals surface area contributed by atoms with E-state index in [2.05, 4.69) is 6.92 Å². The van der Waals surface area contributed by atoms with E-state index in [0.29, 0.717) is 21.5 Å². The van der Waals surface area contributed by atoms with Gasteiger partial charge in [0.25, 0.3) is 0 Å². The van der Waals surface area contributed by atoms with Crippen molar-refractivity contribution < 1.29 is 9.53 Å². The maximum atomic E-state index is 11.9. The Morgan fingerprint density at radius 2 is 1.15 bits per heavy atom. The molecule has 154 valence electrons. The first-order valence-electron chi connectivity index (χ1n) is 10.4. The lowest BCUT2D eigenvalue weighted by Gasteiger charge is -2.08. The largest absolute Gasteiger partial charge is 0.425 e. The lowest BCUT2D eigenvalue weighted by atomic mass is 10.0. The van der Waals surface area contributed by atoms with E-state index >= 15 is 0 Å². The summed E-state index contributed by atoms with van der Waals surface area (Å²) in [4.78, 5) is 11.9. The standard InChI is InChI=1S/C22H33Cl3O2/c1-2-3-4-5-6-7-8-9-10-11-12-13-14-15-22(26)27-21-17-19(24)18(23)16-20(21)25/h16-17H,2-15H2,1H3. The van der Waals surface area contributed by atoms with Crippen molar-refractivity contribution >= 4 is 40.8 Å². The summed E-state index contributed by atoms with van der Waals surface area (Å²) in [5, 5.41) is 0.964. The lowest BCUT2D eigenvalue weighted by Crippen LogP contribution is -2.07. The number of rotatable bonds is 15. The molecule has 0 spiro atoms. The third-order valence-corrected chi connectivity index (χ3v) is 5.70. The molecule has 0 bridgehead atoms. The van der Waals surface area contributed by atoms with Crippen molar-refractivity contribution in [2.45, 2.75) is 96.8 Å². The Kier molecular flexibility index (Phi) is 14.1. The molecule has 1 aromatic carbocycles. The number of hydrogen-bond donors (Lipinski definition) is 0. The van der Waals surface area contributed by atoms with E-state index in [0.717, 1.165) is 12.8 Å². The maximum absolute atomic E-state index is 11.9. The molecule has 5 heteroatoms. The SMILES string of the molecule is CCCCCCCCCCCCCCCC(=O)Oc1cc(Cl)c(Cl)cc1Cl. The molecule has 0 aromatic heterocycles. The zero-order chi connectivity index (χ0) is 19.9. The van der Waals surface area contributed by atoms with Gasteiger partial charge in [0.1, 0.15) is 0 Å². The van der Waals surface area contributed by atoms with Crippen LogP contribution >= 0.6 is 34.8 Å². The van der Waals surface area contributed by atoms with Gasteiger partial charge in [-0.05, 0) is 12.5 Å². The van der Waals surface area contributed by atoms with Crippen LogP contribution in [0.4, 0.5) is 0 Å². The summed E-state index contributed by atoms with van der Waals surface area (Å²) < 4.78 is 5.27. The smallest absolute Gasteiger partial charge is 0.311 e. The Morgan fingerprint density at radius 1 is 0.704 bits per heavy atom. The number of carbonyl (C=O) groups is 1. The van der Waals surface area contributed by atoms with E-state index < -0.39 is 0 Å². The molecule has 0 unspecified atom stereocenters. The van der Waals surface area contributed by atoms with E-state index in [1.54, 1.807) is 0 Å². The molecule has 0 heterocycles. The van der Waals surface area contributed by atoms with Gasteiger partial charge in [0.05, 0.1) is 15.1 Å². The summed E-state index contributed by atoms with van der Waals surface area (Å²) in [6, 6.07) is 2.97. The minimum atomic E-state index is -0.279.